The molecule has 3 N–H and O–H groups in total. The molecular weight excluding hydrogens is 608 g/mol. The molecule has 0 fully saturated rings. The summed E-state index contributed by atoms with van der Waals surface area (Å²) in [6.07, 6.45) is 1.86. The number of carbonyl (C=O) groups is 1. The summed E-state index contributed by atoms with van der Waals surface area (Å²) < 4.78 is 11.0. The summed E-state index contributed by atoms with van der Waals surface area (Å²) in [5.41, 5.74) is 5.79. The van der Waals surface area contributed by atoms with E-state index in [1.165, 1.54) is 11.8 Å². The quantitative estimate of drug-likeness (QED) is 0.131. The molecule has 44 heavy (non-hydrogen) atoms. The van der Waals surface area contributed by atoms with Gasteiger partial charge in [0, 0.05) is 62.7 Å². The molecule has 0 bridgehead atoms. The molecule has 0 spiro atoms. The number of thiazole rings is 1. The van der Waals surface area contributed by atoms with E-state index in [0.29, 0.717) is 11.3 Å². The largest absolute Gasteiger partial charge is 0.496 e. The number of hydrogen-bond acceptors (Lipinski definition) is 7. The van der Waals surface area contributed by atoms with Gasteiger partial charge in [0.25, 0.3) is 5.91 Å². The van der Waals surface area contributed by atoms with Crippen molar-refractivity contribution in [2.24, 2.45) is 0 Å². The van der Waals surface area contributed by atoms with Crippen LogP contribution in [0.2, 0.25) is 0 Å². The molecular formula is C34H37N4O3PS2. The van der Waals surface area contributed by atoms with Gasteiger partial charge in [-0.2, -0.15) is 0 Å². The van der Waals surface area contributed by atoms with E-state index in [1.54, 1.807) is 25.6 Å². The predicted molar refractivity (Wildman–Crippen MR) is 192 cm³/mol. The maximum Gasteiger partial charge on any atom is 0.255 e. The van der Waals surface area contributed by atoms with E-state index in [2.05, 4.69) is 31.4 Å². The maximum atomic E-state index is 12.9. The Balaban J connectivity index is 0.00000216. The summed E-state index contributed by atoms with van der Waals surface area (Å²) >= 11 is 3.07. The number of rotatable bonds is 10. The number of benzene rings is 3. The topological polar surface area (TPSA) is 88.3 Å². The summed E-state index contributed by atoms with van der Waals surface area (Å²) in [4.78, 5) is 22.0. The summed E-state index contributed by atoms with van der Waals surface area (Å²) in [6.45, 7) is 12.2. The third kappa shape index (κ3) is 7.72. The van der Waals surface area contributed by atoms with Crippen LogP contribution in [0.1, 0.15) is 41.7 Å². The molecule has 5 aromatic rings. The van der Waals surface area contributed by atoms with Gasteiger partial charge in [0.2, 0.25) is 0 Å². The van der Waals surface area contributed by atoms with Crippen LogP contribution in [0.5, 0.6) is 11.5 Å². The zero-order chi connectivity index (χ0) is 31.8. The smallest absolute Gasteiger partial charge is 0.255 e. The molecule has 1 amide bonds. The number of amides is 1. The molecule has 2 aromatic heterocycles. The number of nitrogens with one attached hydrogen (secondary N) is 3. The molecule has 7 nitrogen and oxygen atoms in total. The van der Waals surface area contributed by atoms with Crippen LogP contribution in [-0.4, -0.2) is 30.1 Å². The average Bonchev–Trinajstić information content (AvgIpc) is 3.71. The minimum Gasteiger partial charge on any atom is -0.496 e. The molecule has 1 atom stereocenters. The molecule has 228 valence electrons. The molecule has 0 saturated heterocycles. The van der Waals surface area contributed by atoms with E-state index in [0.717, 1.165) is 65.2 Å². The van der Waals surface area contributed by atoms with Crippen LogP contribution in [-0.2, 0) is 0 Å². The van der Waals surface area contributed by atoms with Crippen molar-refractivity contribution in [1.29, 1.82) is 0 Å². The van der Waals surface area contributed by atoms with Crippen molar-refractivity contribution in [3.63, 3.8) is 0 Å². The number of anilines is 2. The van der Waals surface area contributed by atoms with Gasteiger partial charge in [-0.3, -0.25) is 4.79 Å². The van der Waals surface area contributed by atoms with Crippen LogP contribution in [0.25, 0.3) is 27.1 Å². The predicted octanol–water partition coefficient (Wildman–Crippen LogP) is 9.78. The first-order valence-corrected chi connectivity index (χ1v) is 16.3. The monoisotopic (exact) mass is 644 g/mol. The maximum absolute atomic E-state index is 12.9. The van der Waals surface area contributed by atoms with Gasteiger partial charge in [-0.05, 0) is 55.6 Å². The first-order valence-electron chi connectivity index (χ1n) is 14.0. The number of thioether (sulfide) groups is 1. The van der Waals surface area contributed by atoms with Crippen LogP contribution in [0, 0.1) is 6.92 Å². The van der Waals surface area contributed by atoms with E-state index in [1.807, 2.05) is 99.9 Å². The van der Waals surface area contributed by atoms with Crippen molar-refractivity contribution >= 4 is 65.4 Å². The van der Waals surface area contributed by atoms with Crippen molar-refractivity contribution in [1.82, 2.24) is 9.97 Å². The number of ether oxygens (including phenoxy) is 2. The van der Waals surface area contributed by atoms with Crippen LogP contribution in [0.15, 0.2) is 89.2 Å². The van der Waals surface area contributed by atoms with Crippen LogP contribution >= 0.6 is 32.3 Å². The second kappa shape index (κ2) is 15.1. The van der Waals surface area contributed by atoms with E-state index < -0.39 is 0 Å². The number of hydrogen-bond donors (Lipinski definition) is 3. The first kappa shape index (κ1) is 32.9. The van der Waals surface area contributed by atoms with Crippen molar-refractivity contribution in [3.05, 3.63) is 105 Å². The number of nitrogens with zero attached hydrogens (tertiary/aromatic N) is 1. The van der Waals surface area contributed by atoms with Crippen LogP contribution < -0.4 is 20.1 Å². The fourth-order valence-corrected chi connectivity index (χ4v) is 6.65. The molecule has 10 heteroatoms. The van der Waals surface area contributed by atoms with Gasteiger partial charge in [-0.15, -0.1) is 20.6 Å². The van der Waals surface area contributed by atoms with Gasteiger partial charge in [-0.25, -0.2) is 4.98 Å². The van der Waals surface area contributed by atoms with E-state index >= 15 is 0 Å². The van der Waals surface area contributed by atoms with Crippen molar-refractivity contribution in [2.75, 3.05) is 24.9 Å². The van der Waals surface area contributed by atoms with E-state index in [4.69, 9.17) is 14.5 Å². The molecule has 0 aliphatic carbocycles. The highest BCUT2D eigenvalue weighted by atomic mass is 32.2. The molecule has 0 aliphatic heterocycles. The van der Waals surface area contributed by atoms with Crippen molar-refractivity contribution in [3.8, 4) is 22.8 Å². The Hall–Kier alpha value is -4.04. The van der Waals surface area contributed by atoms with E-state index in [9.17, 15) is 4.79 Å². The lowest BCUT2D eigenvalue weighted by molar-refractivity contribution is 0.102. The number of methoxy groups -OCH3 is 2. The minimum absolute atomic E-state index is 0.163. The number of aromatic nitrogens is 2. The molecule has 2 heterocycles. The number of allylic oxidation sites excluding steroid dienone is 1. The summed E-state index contributed by atoms with van der Waals surface area (Å²) in [7, 11) is 6.05. The fraction of sp³-hybridized carbons (Fsp3) is 0.176. The van der Waals surface area contributed by atoms with Crippen molar-refractivity contribution < 1.29 is 14.3 Å². The molecule has 0 aliphatic rings. The zero-order valence-electron chi connectivity index (χ0n) is 25.7. The number of H-pyrrole nitrogens is 1. The average molecular weight is 645 g/mol. The summed E-state index contributed by atoms with van der Waals surface area (Å²) in [5.74, 6) is 1.30. The van der Waals surface area contributed by atoms with E-state index in [-0.39, 0.29) is 5.91 Å². The van der Waals surface area contributed by atoms with Gasteiger partial charge >= 0.3 is 0 Å². The van der Waals surface area contributed by atoms with Gasteiger partial charge in [0.05, 0.1) is 29.8 Å². The SMILES string of the molecule is C=C(Nc1cc(OC)c(C)c(OC)c1)S/C(=C(\C)P)c1nc(-c2cccc(NC(=O)c3ccc4[nH]ccc4c3)c2)cs1.CC. The Morgan fingerprint density at radius 2 is 1.73 bits per heavy atom. The van der Waals surface area contributed by atoms with Gasteiger partial charge in [0.15, 0.2) is 0 Å². The zero-order valence-corrected chi connectivity index (χ0v) is 28.5. The van der Waals surface area contributed by atoms with Crippen LogP contribution in [0.4, 0.5) is 11.4 Å². The second-order valence-electron chi connectivity index (χ2n) is 9.52. The van der Waals surface area contributed by atoms with Gasteiger partial charge in [0.1, 0.15) is 16.5 Å². The van der Waals surface area contributed by atoms with Gasteiger partial charge in [-0.1, -0.05) is 44.3 Å². The fourth-order valence-electron chi connectivity index (χ4n) is 4.43. The highest BCUT2D eigenvalue weighted by molar-refractivity contribution is 8.12. The summed E-state index contributed by atoms with van der Waals surface area (Å²) in [6, 6.07) is 19.1. The Morgan fingerprint density at radius 1 is 1.00 bits per heavy atom. The molecule has 0 radical (unpaired) electrons. The number of fused-ring (bicyclic) bond motifs is 1. The molecule has 3 aromatic carbocycles. The normalized spacial score (nSPS) is 11.2. The molecule has 0 saturated carbocycles. The van der Waals surface area contributed by atoms with Crippen molar-refractivity contribution in [2.45, 2.75) is 27.7 Å². The minimum atomic E-state index is -0.163. The molecule has 5 rings (SSSR count). The summed E-state index contributed by atoms with van der Waals surface area (Å²) in [5, 5.41) is 12.0. The first-order chi connectivity index (χ1) is 21.2. The second-order valence-corrected chi connectivity index (χ2v) is 12.3. The third-order valence-corrected chi connectivity index (χ3v) is 9.10. The molecule has 1 unspecified atom stereocenters. The Bertz CT molecular complexity index is 1800. The highest BCUT2D eigenvalue weighted by Crippen LogP contribution is 2.41. The lowest BCUT2D eigenvalue weighted by atomic mass is 10.1. The standard InChI is InChI=1S/C32H31N4O3PS2.C2H6/c1-18-28(38-4)15-25(16-29(18)39-5)34-20(3)42-30(19(2)40)32-36-27(17-41-32)21-7-6-8-24(14-21)35-31(37)23-9-10-26-22(13-23)11-12-33-26;1-2/h6-17,33-34H,3,40H2,1-2,4-5H3,(H,35,37);1-2H3/b30-19+;. The Labute approximate surface area is 269 Å². The Morgan fingerprint density at radius 3 is 2.41 bits per heavy atom. The number of aromatic amines is 1. The third-order valence-electron chi connectivity index (χ3n) is 6.55. The lowest BCUT2D eigenvalue weighted by Gasteiger charge is -2.15. The Kier molecular flexibility index (Phi) is 11.3. The van der Waals surface area contributed by atoms with Crippen LogP contribution in [0.3, 0.4) is 0 Å². The van der Waals surface area contributed by atoms with Gasteiger partial charge < -0.3 is 25.1 Å². The number of carbonyl (C=O) groups excluding carboxylic acids is 1. The lowest BCUT2D eigenvalue weighted by Crippen LogP contribution is -2.11. The highest BCUT2D eigenvalue weighted by Gasteiger charge is 2.16.